The SMILES string of the molecule is CC(=O)C1=NCCc2ccc(-c3cncc(CN4CCC(F)(F)CC4)c3)cc21. The minimum absolute atomic E-state index is 0.0214. The van der Waals surface area contributed by atoms with Gasteiger partial charge >= 0.3 is 0 Å². The van der Waals surface area contributed by atoms with Gasteiger partial charge in [-0.3, -0.25) is 19.7 Å². The number of piperidine rings is 1. The molecule has 146 valence electrons. The minimum Gasteiger partial charge on any atom is -0.299 e. The molecule has 28 heavy (non-hydrogen) atoms. The molecule has 0 spiro atoms. The molecule has 4 nitrogen and oxygen atoms in total. The van der Waals surface area contributed by atoms with Gasteiger partial charge in [-0.25, -0.2) is 8.78 Å². The van der Waals surface area contributed by atoms with Crippen LogP contribution >= 0.6 is 0 Å². The van der Waals surface area contributed by atoms with Crippen molar-refractivity contribution < 1.29 is 13.6 Å². The molecule has 4 rings (SSSR count). The van der Waals surface area contributed by atoms with Gasteiger partial charge in [0, 0.05) is 69.5 Å². The van der Waals surface area contributed by atoms with Crippen LogP contribution in [0.25, 0.3) is 11.1 Å². The van der Waals surface area contributed by atoms with E-state index in [9.17, 15) is 13.6 Å². The Morgan fingerprint density at radius 3 is 2.68 bits per heavy atom. The molecule has 0 aliphatic carbocycles. The second-order valence-electron chi connectivity index (χ2n) is 7.62. The van der Waals surface area contributed by atoms with E-state index in [0.717, 1.165) is 34.2 Å². The summed E-state index contributed by atoms with van der Waals surface area (Å²) in [6.07, 6.45) is 4.25. The van der Waals surface area contributed by atoms with Crippen LogP contribution in [0.15, 0.2) is 41.7 Å². The molecule has 1 fully saturated rings. The fraction of sp³-hybridized carbons (Fsp3) is 0.409. The van der Waals surface area contributed by atoms with Crippen LogP contribution in [0.1, 0.15) is 36.5 Å². The molecule has 1 aromatic heterocycles. The number of benzene rings is 1. The third kappa shape index (κ3) is 4.02. The zero-order chi connectivity index (χ0) is 19.7. The molecular formula is C22H23F2N3O. The van der Waals surface area contributed by atoms with Crippen molar-refractivity contribution in [2.45, 2.75) is 38.7 Å². The van der Waals surface area contributed by atoms with Crippen molar-refractivity contribution in [3.63, 3.8) is 0 Å². The zero-order valence-corrected chi connectivity index (χ0v) is 15.9. The van der Waals surface area contributed by atoms with E-state index in [2.05, 4.69) is 22.1 Å². The van der Waals surface area contributed by atoms with E-state index in [1.165, 1.54) is 0 Å². The lowest BCUT2D eigenvalue weighted by Crippen LogP contribution is -2.38. The Morgan fingerprint density at radius 2 is 1.93 bits per heavy atom. The maximum Gasteiger partial charge on any atom is 0.250 e. The maximum absolute atomic E-state index is 13.4. The highest BCUT2D eigenvalue weighted by Crippen LogP contribution is 2.29. The molecule has 0 bridgehead atoms. The van der Waals surface area contributed by atoms with E-state index in [-0.39, 0.29) is 18.6 Å². The molecule has 6 heteroatoms. The number of Topliss-reactive ketones (excluding diaryl/α,β-unsaturated/α-hetero) is 1. The summed E-state index contributed by atoms with van der Waals surface area (Å²) in [6, 6.07) is 8.16. The van der Waals surface area contributed by atoms with Gasteiger partial charge in [0.25, 0.3) is 5.92 Å². The van der Waals surface area contributed by atoms with Crippen LogP contribution < -0.4 is 0 Å². The number of carbonyl (C=O) groups is 1. The first kappa shape index (κ1) is 18.9. The smallest absolute Gasteiger partial charge is 0.250 e. The average Bonchev–Trinajstić information content (AvgIpc) is 2.69. The number of fused-ring (bicyclic) bond motifs is 1. The third-order valence-electron chi connectivity index (χ3n) is 5.47. The predicted octanol–water partition coefficient (Wildman–Crippen LogP) is 3.91. The second-order valence-corrected chi connectivity index (χ2v) is 7.62. The third-order valence-corrected chi connectivity index (χ3v) is 5.47. The van der Waals surface area contributed by atoms with Gasteiger partial charge in [-0.2, -0.15) is 0 Å². The number of aromatic nitrogens is 1. The Morgan fingerprint density at radius 1 is 1.14 bits per heavy atom. The van der Waals surface area contributed by atoms with Crippen molar-refractivity contribution >= 4 is 11.5 Å². The zero-order valence-electron chi connectivity index (χ0n) is 15.9. The molecule has 0 amide bonds. The number of nitrogens with zero attached hydrogens (tertiary/aromatic N) is 3. The van der Waals surface area contributed by atoms with Gasteiger partial charge in [0.1, 0.15) is 5.71 Å². The summed E-state index contributed by atoms with van der Waals surface area (Å²) in [5, 5.41) is 0. The highest BCUT2D eigenvalue weighted by molar-refractivity contribution is 6.46. The standard InChI is InChI=1S/C22H23F2N3O/c1-15(28)21-20-11-18(3-2-17(20)4-7-26-21)19-10-16(12-25-13-19)14-27-8-5-22(23,24)6-9-27/h2-3,10-13H,4-9,14H2,1H3. The monoisotopic (exact) mass is 383 g/mol. The van der Waals surface area contributed by atoms with E-state index in [1.807, 2.05) is 17.0 Å². The van der Waals surface area contributed by atoms with E-state index in [0.29, 0.717) is 31.9 Å². The number of pyridine rings is 1. The minimum atomic E-state index is -2.53. The molecule has 2 aliphatic heterocycles. The summed E-state index contributed by atoms with van der Waals surface area (Å²) < 4.78 is 26.7. The van der Waals surface area contributed by atoms with E-state index in [4.69, 9.17) is 0 Å². The Balaban J connectivity index is 1.56. The number of aliphatic imine (C=N–C) groups is 1. The molecule has 2 aromatic rings. The number of alkyl halides is 2. The van der Waals surface area contributed by atoms with Gasteiger partial charge in [0.15, 0.2) is 5.78 Å². The highest BCUT2D eigenvalue weighted by atomic mass is 19.3. The predicted molar refractivity (Wildman–Crippen MR) is 105 cm³/mol. The number of ketones is 1. The van der Waals surface area contributed by atoms with Gasteiger partial charge < -0.3 is 0 Å². The number of likely N-dealkylation sites (tertiary alicyclic amines) is 1. The molecule has 1 aromatic carbocycles. The number of rotatable bonds is 4. The van der Waals surface area contributed by atoms with E-state index < -0.39 is 5.92 Å². The van der Waals surface area contributed by atoms with Gasteiger partial charge in [0.2, 0.25) is 0 Å². The van der Waals surface area contributed by atoms with Gasteiger partial charge in [-0.1, -0.05) is 12.1 Å². The van der Waals surface area contributed by atoms with Gasteiger partial charge in [0.05, 0.1) is 0 Å². The normalized spacial score (nSPS) is 19.0. The van der Waals surface area contributed by atoms with Crippen LogP contribution in [-0.4, -0.2) is 46.9 Å². The van der Waals surface area contributed by atoms with Crippen molar-refractivity contribution in [3.05, 3.63) is 53.3 Å². The maximum atomic E-state index is 13.4. The first-order chi connectivity index (χ1) is 13.4. The summed E-state index contributed by atoms with van der Waals surface area (Å²) in [5.41, 5.74) is 5.52. The fourth-order valence-electron chi connectivity index (χ4n) is 3.90. The first-order valence-corrected chi connectivity index (χ1v) is 9.64. The largest absolute Gasteiger partial charge is 0.299 e. The average molecular weight is 383 g/mol. The van der Waals surface area contributed by atoms with Crippen LogP contribution in [0.5, 0.6) is 0 Å². The fourth-order valence-corrected chi connectivity index (χ4v) is 3.90. The van der Waals surface area contributed by atoms with Crippen molar-refractivity contribution in [2.75, 3.05) is 19.6 Å². The number of halogens is 2. The van der Waals surface area contributed by atoms with E-state index in [1.54, 1.807) is 19.3 Å². The Kier molecular flexibility index (Phi) is 5.06. The number of carbonyl (C=O) groups excluding carboxylic acids is 1. The number of hydrogen-bond donors (Lipinski definition) is 0. The summed E-state index contributed by atoms with van der Waals surface area (Å²) in [4.78, 5) is 22.7. The lowest BCUT2D eigenvalue weighted by molar-refractivity contribution is -0.111. The van der Waals surface area contributed by atoms with Crippen molar-refractivity contribution in [1.29, 1.82) is 0 Å². The van der Waals surface area contributed by atoms with Crippen molar-refractivity contribution in [3.8, 4) is 11.1 Å². The molecule has 0 N–H and O–H groups in total. The summed E-state index contributed by atoms with van der Waals surface area (Å²) in [6.45, 7) is 3.60. The van der Waals surface area contributed by atoms with Crippen LogP contribution in [-0.2, 0) is 17.8 Å². The van der Waals surface area contributed by atoms with Crippen LogP contribution in [0.2, 0.25) is 0 Å². The quantitative estimate of drug-likeness (QED) is 0.804. The first-order valence-electron chi connectivity index (χ1n) is 9.64. The van der Waals surface area contributed by atoms with Crippen molar-refractivity contribution in [1.82, 2.24) is 9.88 Å². The second kappa shape index (κ2) is 7.51. The Labute approximate surface area is 163 Å². The summed E-state index contributed by atoms with van der Waals surface area (Å²) in [7, 11) is 0. The van der Waals surface area contributed by atoms with Crippen molar-refractivity contribution in [2.24, 2.45) is 4.99 Å². The Bertz CT molecular complexity index is 929. The molecule has 1 saturated heterocycles. The molecule has 0 radical (unpaired) electrons. The Hall–Kier alpha value is -2.47. The molecule has 2 aliphatic rings. The molecule has 0 saturated carbocycles. The molecule has 0 unspecified atom stereocenters. The van der Waals surface area contributed by atoms with Crippen LogP contribution in [0, 0.1) is 0 Å². The number of hydrogen-bond acceptors (Lipinski definition) is 4. The molecule has 3 heterocycles. The van der Waals surface area contributed by atoms with Crippen LogP contribution in [0.4, 0.5) is 8.78 Å². The summed E-state index contributed by atoms with van der Waals surface area (Å²) in [5.74, 6) is -2.55. The molecule has 0 atom stereocenters. The molecular weight excluding hydrogens is 360 g/mol. The lowest BCUT2D eigenvalue weighted by atomic mass is 9.92. The topological polar surface area (TPSA) is 45.6 Å². The van der Waals surface area contributed by atoms with Gasteiger partial charge in [-0.15, -0.1) is 0 Å². The lowest BCUT2D eigenvalue weighted by Gasteiger charge is -2.31. The highest BCUT2D eigenvalue weighted by Gasteiger charge is 2.33. The van der Waals surface area contributed by atoms with Gasteiger partial charge in [-0.05, 0) is 35.2 Å². The summed E-state index contributed by atoms with van der Waals surface area (Å²) >= 11 is 0. The van der Waals surface area contributed by atoms with E-state index >= 15 is 0 Å². The van der Waals surface area contributed by atoms with Crippen LogP contribution in [0.3, 0.4) is 0 Å².